The lowest BCUT2D eigenvalue weighted by atomic mass is 10.0. The van der Waals surface area contributed by atoms with Gasteiger partial charge in [-0.3, -0.25) is 0 Å². The van der Waals surface area contributed by atoms with Crippen LogP contribution in [0.15, 0.2) is 30.3 Å². The molecule has 0 aliphatic rings. The minimum Gasteiger partial charge on any atom is -0.378 e. The zero-order chi connectivity index (χ0) is 14.9. The van der Waals surface area contributed by atoms with Crippen LogP contribution in [-0.4, -0.2) is 0 Å². The summed E-state index contributed by atoms with van der Waals surface area (Å²) in [6.45, 7) is 5.00. The van der Waals surface area contributed by atoms with Gasteiger partial charge in [0.1, 0.15) is 17.5 Å². The van der Waals surface area contributed by atoms with Gasteiger partial charge in [0.05, 0.1) is 6.04 Å². The van der Waals surface area contributed by atoms with Gasteiger partial charge in [0, 0.05) is 11.3 Å². The van der Waals surface area contributed by atoms with Crippen molar-refractivity contribution in [2.75, 3.05) is 5.32 Å². The Kier molecular flexibility index (Phi) is 4.02. The number of anilines is 1. The fourth-order valence-electron chi connectivity index (χ4n) is 2.09. The topological polar surface area (TPSA) is 12.0 Å². The summed E-state index contributed by atoms with van der Waals surface area (Å²) in [7, 11) is 0. The Labute approximate surface area is 116 Å². The molecule has 0 spiro atoms. The van der Waals surface area contributed by atoms with E-state index in [0.29, 0.717) is 11.3 Å². The summed E-state index contributed by atoms with van der Waals surface area (Å²) < 4.78 is 40.5. The molecule has 106 valence electrons. The second kappa shape index (κ2) is 5.57. The highest BCUT2D eigenvalue weighted by Gasteiger charge is 2.14. The predicted molar refractivity (Wildman–Crippen MR) is 74.3 cm³/mol. The Bertz CT molecular complexity index is 638. The Morgan fingerprint density at radius 3 is 2.25 bits per heavy atom. The molecule has 2 rings (SSSR count). The van der Waals surface area contributed by atoms with E-state index in [1.165, 1.54) is 31.2 Å². The summed E-state index contributed by atoms with van der Waals surface area (Å²) in [6, 6.07) is 6.26. The fourth-order valence-corrected chi connectivity index (χ4v) is 2.09. The molecule has 1 nitrogen and oxygen atoms in total. The van der Waals surface area contributed by atoms with Crippen LogP contribution in [0.2, 0.25) is 0 Å². The molecule has 20 heavy (non-hydrogen) atoms. The van der Waals surface area contributed by atoms with Gasteiger partial charge < -0.3 is 5.32 Å². The molecule has 1 N–H and O–H groups in total. The maximum absolute atomic E-state index is 13.9. The van der Waals surface area contributed by atoms with Crippen molar-refractivity contribution in [3.8, 4) is 0 Å². The molecule has 0 radical (unpaired) electrons. The number of nitrogens with one attached hydrogen (secondary N) is 1. The number of aryl methyl sites for hydroxylation is 2. The van der Waals surface area contributed by atoms with E-state index >= 15 is 0 Å². The van der Waals surface area contributed by atoms with E-state index < -0.39 is 17.7 Å². The molecule has 0 aromatic heterocycles. The van der Waals surface area contributed by atoms with E-state index in [2.05, 4.69) is 5.32 Å². The van der Waals surface area contributed by atoms with E-state index in [0.717, 1.165) is 0 Å². The van der Waals surface area contributed by atoms with Crippen LogP contribution in [0.5, 0.6) is 0 Å². The van der Waals surface area contributed by atoms with E-state index in [9.17, 15) is 13.2 Å². The van der Waals surface area contributed by atoms with Gasteiger partial charge in [-0.05, 0) is 62.2 Å². The normalized spacial score (nSPS) is 12.3. The van der Waals surface area contributed by atoms with Crippen LogP contribution in [0, 0.1) is 31.3 Å². The third-order valence-corrected chi connectivity index (χ3v) is 3.30. The Hall–Kier alpha value is -1.97. The molecular formula is C16H16F3N. The molecule has 0 bridgehead atoms. The van der Waals surface area contributed by atoms with E-state index in [1.807, 2.05) is 0 Å². The molecule has 0 saturated heterocycles. The fraction of sp³-hybridized carbons (Fsp3) is 0.250. The molecule has 1 unspecified atom stereocenters. The minimum absolute atomic E-state index is 0.247. The van der Waals surface area contributed by atoms with Gasteiger partial charge in [-0.2, -0.15) is 0 Å². The second-order valence-electron chi connectivity index (χ2n) is 4.95. The molecule has 0 amide bonds. The number of benzene rings is 2. The standard InChI is InChI=1S/C16H16F3N/c1-9-7-15(19)13(8-14(9)18)11(3)20-16-5-4-12(17)6-10(16)2/h4-8,11,20H,1-3H3. The van der Waals surface area contributed by atoms with Gasteiger partial charge in [0.15, 0.2) is 0 Å². The molecule has 0 heterocycles. The van der Waals surface area contributed by atoms with Gasteiger partial charge >= 0.3 is 0 Å². The van der Waals surface area contributed by atoms with Crippen LogP contribution < -0.4 is 5.32 Å². The average molecular weight is 279 g/mol. The van der Waals surface area contributed by atoms with Gasteiger partial charge in [-0.25, -0.2) is 13.2 Å². The second-order valence-corrected chi connectivity index (χ2v) is 4.95. The number of hydrogen-bond donors (Lipinski definition) is 1. The largest absolute Gasteiger partial charge is 0.378 e. The Balaban J connectivity index is 2.28. The lowest BCUT2D eigenvalue weighted by Crippen LogP contribution is -2.10. The summed E-state index contributed by atoms with van der Waals surface area (Å²) in [5, 5.41) is 3.07. The predicted octanol–water partition coefficient (Wildman–Crippen LogP) is 4.89. The summed E-state index contributed by atoms with van der Waals surface area (Å²) in [5.41, 5.74) is 1.93. The molecule has 2 aromatic carbocycles. The van der Waals surface area contributed by atoms with Gasteiger partial charge in [-0.15, -0.1) is 0 Å². The highest BCUT2D eigenvalue weighted by Crippen LogP contribution is 2.26. The van der Waals surface area contributed by atoms with Crippen LogP contribution in [0.3, 0.4) is 0 Å². The van der Waals surface area contributed by atoms with Gasteiger partial charge in [0.25, 0.3) is 0 Å². The number of hydrogen-bond acceptors (Lipinski definition) is 1. The summed E-state index contributed by atoms with van der Waals surface area (Å²) in [5.74, 6) is -1.22. The Morgan fingerprint density at radius 1 is 0.900 bits per heavy atom. The van der Waals surface area contributed by atoms with Crippen LogP contribution in [-0.2, 0) is 0 Å². The van der Waals surface area contributed by atoms with E-state index in [1.54, 1.807) is 19.9 Å². The molecular weight excluding hydrogens is 263 g/mol. The number of halogens is 3. The summed E-state index contributed by atoms with van der Waals surface area (Å²) in [6.07, 6.45) is 0. The third kappa shape index (κ3) is 2.95. The average Bonchev–Trinajstić information content (AvgIpc) is 2.37. The summed E-state index contributed by atoms with van der Waals surface area (Å²) in [4.78, 5) is 0. The van der Waals surface area contributed by atoms with Gasteiger partial charge in [0.2, 0.25) is 0 Å². The lowest BCUT2D eigenvalue weighted by Gasteiger charge is -2.18. The van der Waals surface area contributed by atoms with Crippen molar-refractivity contribution in [3.05, 3.63) is 64.5 Å². The van der Waals surface area contributed by atoms with Crippen molar-refractivity contribution >= 4 is 5.69 Å². The van der Waals surface area contributed by atoms with Crippen molar-refractivity contribution in [3.63, 3.8) is 0 Å². The SMILES string of the molecule is Cc1cc(F)c(C(C)Nc2ccc(F)cc2C)cc1F. The van der Waals surface area contributed by atoms with Crippen LogP contribution in [0.4, 0.5) is 18.9 Å². The highest BCUT2D eigenvalue weighted by molar-refractivity contribution is 5.52. The first-order valence-corrected chi connectivity index (χ1v) is 6.36. The number of rotatable bonds is 3. The van der Waals surface area contributed by atoms with Crippen molar-refractivity contribution in [1.82, 2.24) is 0 Å². The smallest absolute Gasteiger partial charge is 0.128 e. The van der Waals surface area contributed by atoms with Crippen LogP contribution >= 0.6 is 0 Å². The first kappa shape index (κ1) is 14.4. The quantitative estimate of drug-likeness (QED) is 0.843. The highest BCUT2D eigenvalue weighted by atomic mass is 19.1. The lowest BCUT2D eigenvalue weighted by molar-refractivity contribution is 0.571. The molecule has 1 atom stereocenters. The molecule has 2 aromatic rings. The van der Waals surface area contributed by atoms with Crippen molar-refractivity contribution in [2.45, 2.75) is 26.8 Å². The van der Waals surface area contributed by atoms with E-state index in [4.69, 9.17) is 0 Å². The van der Waals surface area contributed by atoms with Gasteiger partial charge in [-0.1, -0.05) is 0 Å². The van der Waals surface area contributed by atoms with Crippen molar-refractivity contribution in [1.29, 1.82) is 0 Å². The monoisotopic (exact) mass is 279 g/mol. The Morgan fingerprint density at radius 2 is 1.60 bits per heavy atom. The summed E-state index contributed by atoms with van der Waals surface area (Å²) >= 11 is 0. The zero-order valence-corrected chi connectivity index (χ0v) is 11.6. The zero-order valence-electron chi connectivity index (χ0n) is 11.6. The molecule has 0 aliphatic heterocycles. The van der Waals surface area contributed by atoms with Crippen LogP contribution in [0.1, 0.15) is 29.7 Å². The molecule has 0 aliphatic carbocycles. The van der Waals surface area contributed by atoms with E-state index in [-0.39, 0.29) is 16.9 Å². The first-order chi connectivity index (χ1) is 9.38. The molecule has 0 fully saturated rings. The molecule has 0 saturated carbocycles. The van der Waals surface area contributed by atoms with Crippen molar-refractivity contribution < 1.29 is 13.2 Å². The maximum atomic E-state index is 13.9. The van der Waals surface area contributed by atoms with Crippen LogP contribution in [0.25, 0.3) is 0 Å². The van der Waals surface area contributed by atoms with Crippen molar-refractivity contribution in [2.24, 2.45) is 0 Å². The third-order valence-electron chi connectivity index (χ3n) is 3.30. The minimum atomic E-state index is -0.455. The maximum Gasteiger partial charge on any atom is 0.128 e. The molecule has 4 heteroatoms. The first-order valence-electron chi connectivity index (χ1n) is 6.36.